The molecular weight excluding hydrogens is 268 g/mol. The lowest BCUT2D eigenvalue weighted by Crippen LogP contribution is -1.94. The van der Waals surface area contributed by atoms with Crippen LogP contribution in [0.15, 0.2) is 54.6 Å². The molecule has 0 saturated heterocycles. The molecule has 0 amide bonds. The highest BCUT2D eigenvalue weighted by atomic mass is 16.6. The number of non-ortho nitro benzene ring substituents is 1. The number of nitriles is 1. The van der Waals surface area contributed by atoms with Crippen LogP contribution in [0.25, 0.3) is 6.08 Å². The molecular formula is C16H10N2O3. The van der Waals surface area contributed by atoms with Crippen LogP contribution in [0.2, 0.25) is 0 Å². The number of nitro groups is 1. The normalized spacial score (nSPS) is 10.2. The van der Waals surface area contributed by atoms with Crippen molar-refractivity contribution < 1.29 is 9.72 Å². The van der Waals surface area contributed by atoms with E-state index < -0.39 is 4.92 Å². The summed E-state index contributed by atoms with van der Waals surface area (Å²) >= 11 is 0. The monoisotopic (exact) mass is 278 g/mol. The van der Waals surface area contributed by atoms with E-state index in [2.05, 4.69) is 0 Å². The van der Waals surface area contributed by atoms with Crippen LogP contribution in [0.5, 0.6) is 0 Å². The minimum absolute atomic E-state index is 0.0250. The van der Waals surface area contributed by atoms with Gasteiger partial charge in [0.15, 0.2) is 5.78 Å². The Morgan fingerprint density at radius 2 is 1.90 bits per heavy atom. The maximum atomic E-state index is 11.9. The molecule has 0 aliphatic carbocycles. The Morgan fingerprint density at radius 1 is 1.19 bits per heavy atom. The van der Waals surface area contributed by atoms with E-state index in [1.54, 1.807) is 36.4 Å². The zero-order chi connectivity index (χ0) is 15.2. The number of carbonyl (C=O) groups excluding carboxylic acids is 1. The average molecular weight is 278 g/mol. The Hall–Kier alpha value is -3.26. The van der Waals surface area contributed by atoms with Crippen molar-refractivity contribution in [2.45, 2.75) is 0 Å². The third kappa shape index (κ3) is 3.61. The van der Waals surface area contributed by atoms with Gasteiger partial charge in [-0.05, 0) is 35.9 Å². The van der Waals surface area contributed by atoms with Crippen LogP contribution in [0.3, 0.4) is 0 Å². The second kappa shape index (κ2) is 6.26. The number of nitro benzene ring substituents is 1. The van der Waals surface area contributed by atoms with E-state index in [0.717, 1.165) is 0 Å². The summed E-state index contributed by atoms with van der Waals surface area (Å²) in [4.78, 5) is 22.1. The molecule has 2 aromatic carbocycles. The van der Waals surface area contributed by atoms with E-state index in [1.807, 2.05) is 6.07 Å². The van der Waals surface area contributed by atoms with E-state index in [9.17, 15) is 14.9 Å². The second-order valence-electron chi connectivity index (χ2n) is 4.24. The fourth-order valence-electron chi connectivity index (χ4n) is 1.72. The first kappa shape index (κ1) is 14.2. The number of nitrogens with zero attached hydrogens (tertiary/aromatic N) is 2. The van der Waals surface area contributed by atoms with Crippen molar-refractivity contribution in [1.82, 2.24) is 0 Å². The maximum Gasteiger partial charge on any atom is 0.270 e. The topological polar surface area (TPSA) is 84.0 Å². The minimum atomic E-state index is -0.486. The molecule has 0 aromatic heterocycles. The standard InChI is InChI=1S/C16H10N2O3/c17-11-13-4-7-14(8-5-13)16(19)9-6-12-2-1-3-15(10-12)18(20)21/h1-10H. The summed E-state index contributed by atoms with van der Waals surface area (Å²) in [5.41, 5.74) is 1.49. The first-order valence-corrected chi connectivity index (χ1v) is 6.07. The van der Waals surface area contributed by atoms with Crippen molar-refractivity contribution in [2.75, 3.05) is 0 Å². The van der Waals surface area contributed by atoms with Gasteiger partial charge in [0.1, 0.15) is 0 Å². The molecule has 0 spiro atoms. The van der Waals surface area contributed by atoms with Crippen molar-refractivity contribution in [2.24, 2.45) is 0 Å². The molecule has 0 aliphatic heterocycles. The first-order chi connectivity index (χ1) is 10.1. The maximum absolute atomic E-state index is 11.9. The highest BCUT2D eigenvalue weighted by Gasteiger charge is 2.05. The zero-order valence-corrected chi connectivity index (χ0v) is 10.9. The molecule has 0 heterocycles. The number of hydrogen-bond donors (Lipinski definition) is 0. The predicted octanol–water partition coefficient (Wildman–Crippen LogP) is 3.36. The second-order valence-corrected chi connectivity index (χ2v) is 4.24. The van der Waals surface area contributed by atoms with Gasteiger partial charge in [0.05, 0.1) is 16.6 Å². The first-order valence-electron chi connectivity index (χ1n) is 6.07. The van der Waals surface area contributed by atoms with Crippen molar-refractivity contribution in [3.05, 3.63) is 81.4 Å². The van der Waals surface area contributed by atoms with Crippen molar-refractivity contribution in [1.29, 1.82) is 5.26 Å². The molecule has 0 atom stereocenters. The van der Waals surface area contributed by atoms with Crippen molar-refractivity contribution in [3.8, 4) is 6.07 Å². The Balaban J connectivity index is 2.16. The summed E-state index contributed by atoms with van der Waals surface area (Å²) in [6, 6.07) is 14.3. The van der Waals surface area contributed by atoms with Crippen LogP contribution in [-0.2, 0) is 0 Å². The van der Waals surface area contributed by atoms with Crippen LogP contribution in [-0.4, -0.2) is 10.7 Å². The van der Waals surface area contributed by atoms with E-state index in [-0.39, 0.29) is 11.5 Å². The molecule has 5 nitrogen and oxygen atoms in total. The van der Waals surface area contributed by atoms with Gasteiger partial charge >= 0.3 is 0 Å². The van der Waals surface area contributed by atoms with Crippen molar-refractivity contribution in [3.63, 3.8) is 0 Å². The average Bonchev–Trinajstić information content (AvgIpc) is 2.53. The van der Waals surface area contributed by atoms with E-state index >= 15 is 0 Å². The van der Waals surface area contributed by atoms with Gasteiger partial charge < -0.3 is 0 Å². The molecule has 0 radical (unpaired) electrons. The van der Waals surface area contributed by atoms with Crippen LogP contribution in [0.4, 0.5) is 5.69 Å². The third-order valence-corrected chi connectivity index (χ3v) is 2.81. The zero-order valence-electron chi connectivity index (χ0n) is 10.9. The van der Waals surface area contributed by atoms with E-state index in [0.29, 0.717) is 16.7 Å². The summed E-state index contributed by atoms with van der Waals surface area (Å²) in [6.07, 6.45) is 2.87. The molecule has 102 valence electrons. The smallest absolute Gasteiger partial charge is 0.270 e. The summed E-state index contributed by atoms with van der Waals surface area (Å²) in [6.45, 7) is 0. The number of benzene rings is 2. The van der Waals surface area contributed by atoms with Gasteiger partial charge in [0.2, 0.25) is 0 Å². The predicted molar refractivity (Wildman–Crippen MR) is 77.6 cm³/mol. The Morgan fingerprint density at radius 3 is 2.52 bits per heavy atom. The van der Waals surface area contributed by atoms with Crippen LogP contribution < -0.4 is 0 Å². The SMILES string of the molecule is N#Cc1ccc(C(=O)C=Cc2cccc([N+](=O)[O-])c2)cc1. The summed E-state index contributed by atoms with van der Waals surface area (Å²) in [5, 5.41) is 19.3. The largest absolute Gasteiger partial charge is 0.289 e. The lowest BCUT2D eigenvalue weighted by molar-refractivity contribution is -0.384. The van der Waals surface area contributed by atoms with E-state index in [1.165, 1.54) is 24.3 Å². The molecule has 0 saturated carbocycles. The third-order valence-electron chi connectivity index (χ3n) is 2.81. The van der Waals surface area contributed by atoms with Crippen molar-refractivity contribution >= 4 is 17.5 Å². The van der Waals surface area contributed by atoms with Crippen LogP contribution in [0, 0.1) is 21.4 Å². The Labute approximate surface area is 120 Å². The molecule has 0 aliphatic rings. The van der Waals surface area contributed by atoms with Gasteiger partial charge in [-0.15, -0.1) is 0 Å². The molecule has 5 heteroatoms. The highest BCUT2D eigenvalue weighted by Crippen LogP contribution is 2.14. The number of carbonyl (C=O) groups is 1. The summed E-state index contributed by atoms with van der Waals surface area (Å²) in [7, 11) is 0. The number of allylic oxidation sites excluding steroid dienone is 1. The van der Waals surface area contributed by atoms with Gasteiger partial charge in [-0.25, -0.2) is 0 Å². The van der Waals surface area contributed by atoms with Crippen LogP contribution in [0.1, 0.15) is 21.5 Å². The quantitative estimate of drug-likeness (QED) is 0.371. The summed E-state index contributed by atoms with van der Waals surface area (Å²) < 4.78 is 0. The van der Waals surface area contributed by atoms with Gasteiger partial charge in [0.25, 0.3) is 5.69 Å². The lowest BCUT2D eigenvalue weighted by atomic mass is 10.1. The van der Waals surface area contributed by atoms with Gasteiger partial charge in [-0.3, -0.25) is 14.9 Å². The van der Waals surface area contributed by atoms with Gasteiger partial charge in [0, 0.05) is 17.7 Å². The molecule has 0 fully saturated rings. The minimum Gasteiger partial charge on any atom is -0.289 e. The van der Waals surface area contributed by atoms with E-state index in [4.69, 9.17) is 5.26 Å². The summed E-state index contributed by atoms with van der Waals surface area (Å²) in [5.74, 6) is -0.231. The van der Waals surface area contributed by atoms with Gasteiger partial charge in [-0.1, -0.05) is 18.2 Å². The fraction of sp³-hybridized carbons (Fsp3) is 0. The number of hydrogen-bond acceptors (Lipinski definition) is 4. The molecule has 0 bridgehead atoms. The number of ketones is 1. The molecule has 2 aromatic rings. The molecule has 0 N–H and O–H groups in total. The van der Waals surface area contributed by atoms with Crippen LogP contribution >= 0.6 is 0 Å². The number of rotatable bonds is 4. The molecule has 2 rings (SSSR count). The molecule has 0 unspecified atom stereocenters. The van der Waals surface area contributed by atoms with Gasteiger partial charge in [-0.2, -0.15) is 5.26 Å². The highest BCUT2D eigenvalue weighted by molar-refractivity contribution is 6.06. The Bertz CT molecular complexity index is 756. The molecule has 21 heavy (non-hydrogen) atoms. The fourth-order valence-corrected chi connectivity index (χ4v) is 1.72. The lowest BCUT2D eigenvalue weighted by Gasteiger charge is -1.96. The Kier molecular flexibility index (Phi) is 4.22.